The zero-order chi connectivity index (χ0) is 12.9. The van der Waals surface area contributed by atoms with Crippen molar-refractivity contribution >= 4 is 26.0 Å². The van der Waals surface area contributed by atoms with E-state index in [9.17, 15) is 8.42 Å². The maximum absolute atomic E-state index is 11.2. The fraction of sp³-hybridized carbons (Fsp3) is 0.455. The Morgan fingerprint density at radius 1 is 1.41 bits per heavy atom. The van der Waals surface area contributed by atoms with Crippen molar-refractivity contribution in [3.63, 3.8) is 0 Å². The summed E-state index contributed by atoms with van der Waals surface area (Å²) in [5.41, 5.74) is 0. The highest BCUT2D eigenvalue weighted by molar-refractivity contribution is 9.10. The number of hydrogen-bond acceptors (Lipinski definition) is 3. The van der Waals surface area contributed by atoms with E-state index in [-0.39, 0.29) is 18.4 Å². The van der Waals surface area contributed by atoms with Crippen molar-refractivity contribution in [2.24, 2.45) is 0 Å². The van der Waals surface area contributed by atoms with Crippen LogP contribution in [0.4, 0.5) is 0 Å². The lowest BCUT2D eigenvalue weighted by Crippen LogP contribution is -2.34. The molecule has 0 radical (unpaired) electrons. The van der Waals surface area contributed by atoms with Crippen molar-refractivity contribution in [1.82, 2.24) is 4.72 Å². The van der Waals surface area contributed by atoms with Crippen molar-refractivity contribution in [3.05, 3.63) is 28.7 Å². The number of sulfonamides is 1. The van der Waals surface area contributed by atoms with Crippen LogP contribution in [0.15, 0.2) is 28.7 Å². The van der Waals surface area contributed by atoms with Gasteiger partial charge in [0.25, 0.3) is 0 Å². The van der Waals surface area contributed by atoms with Crippen molar-refractivity contribution in [3.8, 4) is 5.75 Å². The van der Waals surface area contributed by atoms with E-state index in [0.29, 0.717) is 5.75 Å². The van der Waals surface area contributed by atoms with Crippen LogP contribution in [-0.4, -0.2) is 26.8 Å². The Morgan fingerprint density at radius 3 is 2.65 bits per heavy atom. The molecule has 1 rings (SSSR count). The van der Waals surface area contributed by atoms with Gasteiger partial charge < -0.3 is 4.74 Å². The van der Waals surface area contributed by atoms with Gasteiger partial charge in [-0.3, -0.25) is 0 Å². The topological polar surface area (TPSA) is 55.4 Å². The molecule has 1 aromatic rings. The first-order valence-corrected chi connectivity index (χ1v) is 7.77. The molecule has 0 aliphatic heterocycles. The van der Waals surface area contributed by atoms with Gasteiger partial charge in [0.2, 0.25) is 10.0 Å². The van der Waals surface area contributed by atoms with E-state index in [1.54, 1.807) is 6.92 Å². The van der Waals surface area contributed by atoms with Gasteiger partial charge >= 0.3 is 0 Å². The first kappa shape index (κ1) is 14.5. The zero-order valence-corrected chi connectivity index (χ0v) is 12.2. The molecule has 0 aliphatic rings. The van der Waals surface area contributed by atoms with Gasteiger partial charge in [0, 0.05) is 6.54 Å². The number of halogens is 1. The average Bonchev–Trinajstić information content (AvgIpc) is 2.30. The molecular weight excluding hydrogens is 306 g/mol. The average molecular weight is 322 g/mol. The van der Waals surface area contributed by atoms with Gasteiger partial charge in [-0.2, -0.15) is 0 Å². The first-order chi connectivity index (χ1) is 7.94. The molecule has 17 heavy (non-hydrogen) atoms. The second-order valence-corrected chi connectivity index (χ2v) is 6.56. The molecule has 6 heteroatoms. The molecule has 0 amide bonds. The number of ether oxygens (including phenoxy) is 1. The standard InChI is InChI=1S/C11H16BrNO3S/c1-3-17(14,15)13-8-9(2)16-11-7-5-4-6-10(11)12/h4-7,9,13H,3,8H2,1-2H3/t9-/m0/s1. The predicted molar refractivity (Wildman–Crippen MR) is 71.7 cm³/mol. The summed E-state index contributed by atoms with van der Waals surface area (Å²) in [6.45, 7) is 3.68. The van der Waals surface area contributed by atoms with E-state index in [1.165, 1.54) is 0 Å². The Labute approximate surface area is 111 Å². The smallest absolute Gasteiger partial charge is 0.211 e. The van der Waals surface area contributed by atoms with E-state index < -0.39 is 10.0 Å². The molecule has 4 nitrogen and oxygen atoms in total. The minimum Gasteiger partial charge on any atom is -0.488 e. The number of para-hydroxylation sites is 1. The fourth-order valence-electron chi connectivity index (χ4n) is 1.15. The van der Waals surface area contributed by atoms with Gasteiger partial charge in [-0.1, -0.05) is 12.1 Å². The third kappa shape index (κ3) is 5.06. The van der Waals surface area contributed by atoms with Gasteiger partial charge in [-0.25, -0.2) is 13.1 Å². The molecule has 0 spiro atoms. The molecular formula is C11H16BrNO3S. The van der Waals surface area contributed by atoms with E-state index in [0.717, 1.165) is 4.47 Å². The lowest BCUT2D eigenvalue weighted by atomic mass is 10.3. The maximum atomic E-state index is 11.2. The molecule has 0 bridgehead atoms. The maximum Gasteiger partial charge on any atom is 0.211 e. The Balaban J connectivity index is 2.51. The summed E-state index contributed by atoms with van der Waals surface area (Å²) < 4.78 is 31.4. The molecule has 0 saturated carbocycles. The molecule has 96 valence electrons. The minimum absolute atomic E-state index is 0.0781. The van der Waals surface area contributed by atoms with Crippen molar-refractivity contribution in [2.45, 2.75) is 20.0 Å². The molecule has 0 heterocycles. The van der Waals surface area contributed by atoms with Crippen LogP contribution < -0.4 is 9.46 Å². The zero-order valence-electron chi connectivity index (χ0n) is 9.81. The number of hydrogen-bond donors (Lipinski definition) is 1. The third-order valence-electron chi connectivity index (χ3n) is 2.14. The monoisotopic (exact) mass is 321 g/mol. The van der Waals surface area contributed by atoms with Crippen molar-refractivity contribution in [1.29, 1.82) is 0 Å². The van der Waals surface area contributed by atoms with Crippen LogP contribution in [0.25, 0.3) is 0 Å². The van der Waals surface area contributed by atoms with Gasteiger partial charge in [-0.05, 0) is 41.9 Å². The number of benzene rings is 1. The van der Waals surface area contributed by atoms with E-state index >= 15 is 0 Å². The van der Waals surface area contributed by atoms with Gasteiger partial charge in [0.05, 0.1) is 10.2 Å². The van der Waals surface area contributed by atoms with Crippen LogP contribution in [0.3, 0.4) is 0 Å². The Bertz CT molecular complexity index is 462. The molecule has 0 saturated heterocycles. The first-order valence-electron chi connectivity index (χ1n) is 5.33. The second-order valence-electron chi connectivity index (χ2n) is 3.61. The van der Waals surface area contributed by atoms with Crippen molar-refractivity contribution < 1.29 is 13.2 Å². The molecule has 1 aromatic carbocycles. The van der Waals surface area contributed by atoms with Crippen LogP contribution in [0.5, 0.6) is 5.75 Å². The van der Waals surface area contributed by atoms with E-state index in [1.807, 2.05) is 31.2 Å². The molecule has 0 aromatic heterocycles. The predicted octanol–water partition coefficient (Wildman–Crippen LogP) is 2.16. The highest BCUT2D eigenvalue weighted by atomic mass is 79.9. The molecule has 1 N–H and O–H groups in total. The third-order valence-corrected chi connectivity index (χ3v) is 4.16. The quantitative estimate of drug-likeness (QED) is 0.873. The Hall–Kier alpha value is -0.590. The summed E-state index contributed by atoms with van der Waals surface area (Å²) in [6.07, 6.45) is -0.227. The van der Waals surface area contributed by atoms with Crippen LogP contribution in [-0.2, 0) is 10.0 Å². The van der Waals surface area contributed by atoms with E-state index in [4.69, 9.17) is 4.74 Å². The lowest BCUT2D eigenvalue weighted by molar-refractivity contribution is 0.223. The molecule has 0 unspecified atom stereocenters. The van der Waals surface area contributed by atoms with Crippen LogP contribution in [0.2, 0.25) is 0 Å². The molecule has 0 fully saturated rings. The van der Waals surface area contributed by atoms with Gasteiger partial charge in [0.15, 0.2) is 0 Å². The van der Waals surface area contributed by atoms with Crippen LogP contribution in [0.1, 0.15) is 13.8 Å². The van der Waals surface area contributed by atoms with Gasteiger partial charge in [-0.15, -0.1) is 0 Å². The SMILES string of the molecule is CCS(=O)(=O)NC[C@H](C)Oc1ccccc1Br. The van der Waals surface area contributed by atoms with E-state index in [2.05, 4.69) is 20.7 Å². The highest BCUT2D eigenvalue weighted by Crippen LogP contribution is 2.24. The Kier molecular flexibility index (Phi) is 5.42. The Morgan fingerprint density at radius 2 is 2.06 bits per heavy atom. The summed E-state index contributed by atoms with van der Waals surface area (Å²) in [5, 5.41) is 0. The summed E-state index contributed by atoms with van der Waals surface area (Å²) in [4.78, 5) is 0. The molecule has 1 atom stereocenters. The summed E-state index contributed by atoms with van der Waals surface area (Å²) in [7, 11) is -3.16. The summed E-state index contributed by atoms with van der Waals surface area (Å²) in [5.74, 6) is 0.782. The summed E-state index contributed by atoms with van der Waals surface area (Å²) in [6, 6.07) is 7.46. The minimum atomic E-state index is -3.16. The van der Waals surface area contributed by atoms with Crippen molar-refractivity contribution in [2.75, 3.05) is 12.3 Å². The normalized spacial score (nSPS) is 13.4. The number of nitrogens with one attached hydrogen (secondary N) is 1. The van der Waals surface area contributed by atoms with Gasteiger partial charge in [0.1, 0.15) is 11.9 Å². The molecule has 0 aliphatic carbocycles. The second kappa shape index (κ2) is 6.37. The summed E-state index contributed by atoms with van der Waals surface area (Å²) >= 11 is 3.37. The van der Waals surface area contributed by atoms with Crippen LogP contribution >= 0.6 is 15.9 Å². The number of rotatable bonds is 6. The lowest BCUT2D eigenvalue weighted by Gasteiger charge is -2.16. The largest absolute Gasteiger partial charge is 0.488 e. The van der Waals surface area contributed by atoms with Crippen LogP contribution in [0, 0.1) is 0 Å². The fourth-order valence-corrected chi connectivity index (χ4v) is 2.22. The highest BCUT2D eigenvalue weighted by Gasteiger charge is 2.11.